The molecule has 0 fully saturated rings. The number of fused-ring (bicyclic) bond motifs is 1. The first-order valence-corrected chi connectivity index (χ1v) is 10.9. The van der Waals surface area contributed by atoms with Crippen LogP contribution >= 0.6 is 34.4 Å². The first kappa shape index (κ1) is 15.9. The summed E-state index contributed by atoms with van der Waals surface area (Å²) in [5.74, 6) is 0. The van der Waals surface area contributed by atoms with Crippen LogP contribution in [0.2, 0.25) is 0 Å². The number of aryl methyl sites for hydroxylation is 1. The summed E-state index contributed by atoms with van der Waals surface area (Å²) in [5, 5.41) is 9.34. The van der Waals surface area contributed by atoms with Crippen molar-refractivity contribution in [3.8, 4) is 0 Å². The molecular weight excluding hydrogens is 358 g/mol. The Morgan fingerprint density at radius 2 is 2.00 bits per heavy atom. The van der Waals surface area contributed by atoms with Crippen molar-refractivity contribution >= 4 is 54.5 Å². The Hall–Kier alpha value is -1.03. The van der Waals surface area contributed by atoms with Crippen LogP contribution < -0.4 is 0 Å². The maximum Gasteiger partial charge on any atom is 0.181 e. The van der Waals surface area contributed by atoms with E-state index in [9.17, 15) is 8.42 Å². The molecule has 22 heavy (non-hydrogen) atoms. The minimum atomic E-state index is -3.20. The van der Waals surface area contributed by atoms with Gasteiger partial charge in [0.05, 0.1) is 15.1 Å². The van der Waals surface area contributed by atoms with Crippen LogP contribution in [0, 0.1) is 0 Å². The lowest BCUT2D eigenvalue weighted by Gasteiger charge is -1.96. The number of hydrogen-bond acceptors (Lipinski definition) is 8. The molecule has 2 heterocycles. The largest absolute Gasteiger partial charge is 0.229 e. The van der Waals surface area contributed by atoms with Crippen LogP contribution in [-0.2, 0) is 16.3 Å². The van der Waals surface area contributed by atoms with Crippen molar-refractivity contribution in [2.75, 3.05) is 6.26 Å². The van der Waals surface area contributed by atoms with Gasteiger partial charge in [0.2, 0.25) is 0 Å². The summed E-state index contributed by atoms with van der Waals surface area (Å²) in [6.45, 7) is 2.11. The smallest absolute Gasteiger partial charge is 0.181 e. The molecule has 116 valence electrons. The average molecular weight is 372 g/mol. The number of hydrogen-bond donors (Lipinski definition) is 0. The molecule has 3 aromatic rings. The Kier molecular flexibility index (Phi) is 4.49. The minimum absolute atomic E-state index is 0.321. The average Bonchev–Trinajstić information content (AvgIpc) is 3.03. The van der Waals surface area contributed by atoms with E-state index in [0.717, 1.165) is 36.7 Å². The van der Waals surface area contributed by atoms with Crippen LogP contribution in [-0.4, -0.2) is 29.9 Å². The third-order valence-corrected chi connectivity index (χ3v) is 7.08. The van der Waals surface area contributed by atoms with Crippen molar-refractivity contribution in [1.29, 1.82) is 0 Å². The van der Waals surface area contributed by atoms with Gasteiger partial charge in [-0.1, -0.05) is 18.3 Å². The highest BCUT2D eigenvalue weighted by Crippen LogP contribution is 2.36. The molecule has 0 aliphatic heterocycles. The molecule has 3 rings (SSSR count). The summed E-state index contributed by atoms with van der Waals surface area (Å²) in [5.41, 5.74) is 0.804. The van der Waals surface area contributed by atoms with Gasteiger partial charge in [0.25, 0.3) is 0 Å². The van der Waals surface area contributed by atoms with Gasteiger partial charge in [-0.15, -0.1) is 21.5 Å². The van der Waals surface area contributed by atoms with Crippen molar-refractivity contribution < 1.29 is 8.42 Å². The fourth-order valence-corrected chi connectivity index (χ4v) is 5.85. The second kappa shape index (κ2) is 6.23. The van der Waals surface area contributed by atoms with Crippen molar-refractivity contribution in [3.63, 3.8) is 0 Å². The molecule has 0 amide bonds. The molecule has 0 atom stereocenters. The van der Waals surface area contributed by atoms with E-state index in [1.165, 1.54) is 29.4 Å². The summed E-state index contributed by atoms with van der Waals surface area (Å²) in [6, 6.07) is 5.01. The van der Waals surface area contributed by atoms with E-state index in [4.69, 9.17) is 0 Å². The van der Waals surface area contributed by atoms with E-state index in [-0.39, 0.29) is 0 Å². The van der Waals surface area contributed by atoms with E-state index in [0.29, 0.717) is 4.90 Å². The Labute approximate surface area is 140 Å². The number of sulfone groups is 1. The Morgan fingerprint density at radius 1 is 1.18 bits per heavy atom. The Balaban J connectivity index is 1.88. The molecule has 0 aliphatic carbocycles. The highest BCUT2D eigenvalue weighted by molar-refractivity contribution is 8.02. The van der Waals surface area contributed by atoms with Gasteiger partial charge < -0.3 is 0 Å². The number of aromatic nitrogens is 3. The molecule has 0 aliphatic rings. The standard InChI is InChI=1S/C13H13N3O2S4/c1-3-4-11-15-16-13(20-11)21-12-14-9-6-5-8(22(2,17)18)7-10(9)19-12/h5-7H,3-4H2,1-2H3. The van der Waals surface area contributed by atoms with Crippen LogP contribution in [0.15, 0.2) is 31.8 Å². The second-order valence-electron chi connectivity index (χ2n) is 4.70. The van der Waals surface area contributed by atoms with E-state index >= 15 is 0 Å². The molecule has 1 aromatic carbocycles. The molecule has 0 saturated heterocycles. The van der Waals surface area contributed by atoms with Gasteiger partial charge in [-0.25, -0.2) is 13.4 Å². The quantitative estimate of drug-likeness (QED) is 0.681. The van der Waals surface area contributed by atoms with Crippen LogP contribution in [0.5, 0.6) is 0 Å². The van der Waals surface area contributed by atoms with Gasteiger partial charge in [0, 0.05) is 12.7 Å². The number of thiazole rings is 1. The summed E-state index contributed by atoms with van der Waals surface area (Å²) in [4.78, 5) is 4.83. The fourth-order valence-electron chi connectivity index (χ4n) is 1.83. The molecule has 0 N–H and O–H groups in total. The zero-order valence-electron chi connectivity index (χ0n) is 11.9. The van der Waals surface area contributed by atoms with Gasteiger partial charge in [0.15, 0.2) is 18.5 Å². The van der Waals surface area contributed by atoms with E-state index in [2.05, 4.69) is 22.1 Å². The van der Waals surface area contributed by atoms with Crippen molar-refractivity contribution in [1.82, 2.24) is 15.2 Å². The molecule has 0 radical (unpaired) electrons. The van der Waals surface area contributed by atoms with Crippen LogP contribution in [0.4, 0.5) is 0 Å². The topological polar surface area (TPSA) is 72.8 Å². The van der Waals surface area contributed by atoms with Crippen LogP contribution in [0.3, 0.4) is 0 Å². The molecule has 0 unspecified atom stereocenters. The highest BCUT2D eigenvalue weighted by atomic mass is 32.2. The molecule has 0 saturated carbocycles. The second-order valence-corrected chi connectivity index (χ2v) is 10.3. The first-order chi connectivity index (χ1) is 10.5. The Morgan fingerprint density at radius 3 is 2.73 bits per heavy atom. The maximum absolute atomic E-state index is 11.6. The first-order valence-electron chi connectivity index (χ1n) is 6.56. The van der Waals surface area contributed by atoms with E-state index in [1.807, 2.05) is 0 Å². The summed E-state index contributed by atoms with van der Waals surface area (Å²) >= 11 is 4.53. The van der Waals surface area contributed by atoms with Crippen LogP contribution in [0.1, 0.15) is 18.4 Å². The van der Waals surface area contributed by atoms with Crippen LogP contribution in [0.25, 0.3) is 10.2 Å². The minimum Gasteiger partial charge on any atom is -0.229 e. The molecule has 5 nitrogen and oxygen atoms in total. The van der Waals surface area contributed by atoms with Crippen molar-refractivity contribution in [3.05, 3.63) is 23.2 Å². The van der Waals surface area contributed by atoms with Gasteiger partial charge in [-0.2, -0.15) is 0 Å². The van der Waals surface area contributed by atoms with Crippen molar-refractivity contribution in [2.45, 2.75) is 33.3 Å². The lowest BCUT2D eigenvalue weighted by atomic mass is 10.3. The SMILES string of the molecule is CCCc1nnc(Sc2nc3ccc(S(C)(=O)=O)cc3s2)s1. The molecule has 9 heteroatoms. The molecule has 0 bridgehead atoms. The lowest BCUT2D eigenvalue weighted by molar-refractivity contribution is 0.602. The third-order valence-electron chi connectivity index (χ3n) is 2.86. The van der Waals surface area contributed by atoms with E-state index in [1.54, 1.807) is 29.5 Å². The molecular formula is C13H13N3O2S4. The normalized spacial score (nSPS) is 12.1. The lowest BCUT2D eigenvalue weighted by Crippen LogP contribution is -1.95. The van der Waals surface area contributed by atoms with Gasteiger partial charge in [-0.05, 0) is 36.4 Å². The van der Waals surface area contributed by atoms with Gasteiger partial charge in [-0.3, -0.25) is 0 Å². The molecule has 2 aromatic heterocycles. The predicted molar refractivity (Wildman–Crippen MR) is 90.8 cm³/mol. The number of rotatable bonds is 5. The monoisotopic (exact) mass is 371 g/mol. The zero-order valence-corrected chi connectivity index (χ0v) is 15.2. The number of nitrogens with zero attached hydrogens (tertiary/aromatic N) is 3. The van der Waals surface area contributed by atoms with E-state index < -0.39 is 9.84 Å². The third kappa shape index (κ3) is 3.48. The fraction of sp³-hybridized carbons (Fsp3) is 0.308. The highest BCUT2D eigenvalue weighted by Gasteiger charge is 2.13. The maximum atomic E-state index is 11.6. The molecule has 0 spiro atoms. The summed E-state index contributed by atoms with van der Waals surface area (Å²) in [7, 11) is -3.20. The van der Waals surface area contributed by atoms with Gasteiger partial charge >= 0.3 is 0 Å². The van der Waals surface area contributed by atoms with Gasteiger partial charge in [0.1, 0.15) is 5.01 Å². The number of benzene rings is 1. The zero-order chi connectivity index (χ0) is 15.7. The summed E-state index contributed by atoms with van der Waals surface area (Å²) in [6.07, 6.45) is 3.20. The predicted octanol–water partition coefficient (Wildman–Crippen LogP) is 3.66. The van der Waals surface area contributed by atoms with Crippen molar-refractivity contribution in [2.24, 2.45) is 0 Å². The Bertz CT molecular complexity index is 914. The summed E-state index contributed by atoms with van der Waals surface area (Å²) < 4.78 is 25.8.